The van der Waals surface area contributed by atoms with Crippen LogP contribution in [-0.2, 0) is 11.8 Å². The smallest absolute Gasteiger partial charge is 0.220 e. The fraction of sp³-hybridized carbons (Fsp3) is 0.348. The Balaban J connectivity index is 1.99. The molecule has 0 fully saturated rings. The molecule has 4 heteroatoms. The SMILES string of the molecule is COc1ccc([C@H](CC(=O)NCC(C)C)c2cn(C)c3ccccc23)cc1. The molecule has 0 spiro atoms. The van der Waals surface area contributed by atoms with E-state index in [-0.39, 0.29) is 11.8 Å². The maximum atomic E-state index is 12.6. The number of benzene rings is 2. The van der Waals surface area contributed by atoms with E-state index in [1.165, 1.54) is 16.5 Å². The van der Waals surface area contributed by atoms with Gasteiger partial charge in [-0.2, -0.15) is 0 Å². The molecule has 0 unspecified atom stereocenters. The van der Waals surface area contributed by atoms with E-state index in [4.69, 9.17) is 4.74 Å². The van der Waals surface area contributed by atoms with E-state index in [9.17, 15) is 4.79 Å². The summed E-state index contributed by atoms with van der Waals surface area (Å²) >= 11 is 0. The number of nitrogens with one attached hydrogen (secondary N) is 1. The molecule has 0 bridgehead atoms. The molecule has 0 aliphatic heterocycles. The lowest BCUT2D eigenvalue weighted by molar-refractivity contribution is -0.121. The van der Waals surface area contributed by atoms with Crippen LogP contribution in [0.4, 0.5) is 0 Å². The molecule has 0 aliphatic carbocycles. The second kappa shape index (κ2) is 8.30. The third kappa shape index (κ3) is 4.33. The van der Waals surface area contributed by atoms with Gasteiger partial charge in [0, 0.05) is 43.0 Å². The molecular weight excluding hydrogens is 336 g/mol. The van der Waals surface area contributed by atoms with Crippen LogP contribution in [0.1, 0.15) is 37.3 Å². The fourth-order valence-electron chi connectivity index (χ4n) is 3.47. The monoisotopic (exact) mass is 364 g/mol. The van der Waals surface area contributed by atoms with Gasteiger partial charge in [-0.3, -0.25) is 4.79 Å². The highest BCUT2D eigenvalue weighted by Crippen LogP contribution is 2.35. The van der Waals surface area contributed by atoms with Gasteiger partial charge >= 0.3 is 0 Å². The Morgan fingerprint density at radius 3 is 2.48 bits per heavy atom. The molecule has 3 aromatic rings. The van der Waals surface area contributed by atoms with Crippen LogP contribution in [0.15, 0.2) is 54.7 Å². The minimum Gasteiger partial charge on any atom is -0.497 e. The molecule has 4 nitrogen and oxygen atoms in total. The lowest BCUT2D eigenvalue weighted by Crippen LogP contribution is -2.28. The Morgan fingerprint density at radius 1 is 1.11 bits per heavy atom. The van der Waals surface area contributed by atoms with Crippen LogP contribution in [0.3, 0.4) is 0 Å². The van der Waals surface area contributed by atoms with Crippen molar-refractivity contribution in [2.45, 2.75) is 26.2 Å². The summed E-state index contributed by atoms with van der Waals surface area (Å²) in [6.07, 6.45) is 2.57. The number of ether oxygens (including phenoxy) is 1. The van der Waals surface area contributed by atoms with Gasteiger partial charge in [0.05, 0.1) is 7.11 Å². The molecular formula is C23H28N2O2. The second-order valence-corrected chi connectivity index (χ2v) is 7.44. The van der Waals surface area contributed by atoms with Crippen molar-refractivity contribution in [2.24, 2.45) is 13.0 Å². The van der Waals surface area contributed by atoms with Gasteiger partial charge in [-0.1, -0.05) is 44.2 Å². The first-order valence-corrected chi connectivity index (χ1v) is 9.44. The number of amides is 1. The van der Waals surface area contributed by atoms with Gasteiger partial charge in [-0.25, -0.2) is 0 Å². The maximum Gasteiger partial charge on any atom is 0.220 e. The third-order valence-electron chi connectivity index (χ3n) is 4.92. The Morgan fingerprint density at radius 2 is 1.81 bits per heavy atom. The molecule has 3 rings (SSSR count). The number of fused-ring (bicyclic) bond motifs is 1. The normalized spacial score (nSPS) is 12.3. The van der Waals surface area contributed by atoms with Crippen molar-refractivity contribution < 1.29 is 9.53 Å². The van der Waals surface area contributed by atoms with Gasteiger partial charge in [0.15, 0.2) is 0 Å². The Bertz CT molecular complexity index is 910. The molecule has 1 amide bonds. The van der Waals surface area contributed by atoms with Crippen LogP contribution in [0, 0.1) is 5.92 Å². The molecule has 1 heterocycles. The number of rotatable bonds is 7. The minimum atomic E-state index is -0.00540. The number of methoxy groups -OCH3 is 1. The lowest BCUT2D eigenvalue weighted by Gasteiger charge is -2.18. The van der Waals surface area contributed by atoms with E-state index in [1.807, 2.05) is 18.2 Å². The second-order valence-electron chi connectivity index (χ2n) is 7.44. The number of aromatic nitrogens is 1. The van der Waals surface area contributed by atoms with Gasteiger partial charge < -0.3 is 14.6 Å². The number of carbonyl (C=O) groups is 1. The van der Waals surface area contributed by atoms with Crippen LogP contribution in [0.5, 0.6) is 5.75 Å². The molecule has 0 radical (unpaired) electrons. The topological polar surface area (TPSA) is 43.3 Å². The summed E-state index contributed by atoms with van der Waals surface area (Å²) in [4.78, 5) is 12.6. The first-order valence-electron chi connectivity index (χ1n) is 9.44. The molecule has 0 aliphatic rings. The molecule has 0 saturated carbocycles. The zero-order valence-electron chi connectivity index (χ0n) is 16.5. The standard InChI is InChI=1S/C23H28N2O2/c1-16(2)14-24-23(26)13-20(17-9-11-18(27-4)12-10-17)21-15-25(3)22-8-6-5-7-19(21)22/h5-12,15-16,20H,13-14H2,1-4H3,(H,24,26)/t20-/m0/s1. The summed E-state index contributed by atoms with van der Waals surface area (Å²) in [5.41, 5.74) is 3.47. The summed E-state index contributed by atoms with van der Waals surface area (Å²) < 4.78 is 7.42. The molecule has 142 valence electrons. The van der Waals surface area contributed by atoms with Crippen molar-refractivity contribution >= 4 is 16.8 Å². The zero-order valence-corrected chi connectivity index (χ0v) is 16.5. The number of nitrogens with zero attached hydrogens (tertiary/aromatic N) is 1. The quantitative estimate of drug-likeness (QED) is 0.672. The Hall–Kier alpha value is -2.75. The predicted molar refractivity (Wildman–Crippen MR) is 110 cm³/mol. The van der Waals surface area contributed by atoms with Crippen molar-refractivity contribution in [3.05, 3.63) is 65.9 Å². The highest BCUT2D eigenvalue weighted by Gasteiger charge is 2.22. The van der Waals surface area contributed by atoms with Crippen LogP contribution >= 0.6 is 0 Å². The summed E-state index contributed by atoms with van der Waals surface area (Å²) in [5.74, 6) is 1.33. The minimum absolute atomic E-state index is 0.00540. The van der Waals surface area contributed by atoms with E-state index < -0.39 is 0 Å². The summed E-state index contributed by atoms with van der Waals surface area (Å²) in [5, 5.41) is 4.25. The average molecular weight is 364 g/mol. The van der Waals surface area contributed by atoms with Gasteiger partial charge in [-0.15, -0.1) is 0 Å². The van der Waals surface area contributed by atoms with E-state index >= 15 is 0 Å². The largest absolute Gasteiger partial charge is 0.497 e. The van der Waals surface area contributed by atoms with Gasteiger partial charge in [0.2, 0.25) is 5.91 Å². The first-order chi connectivity index (χ1) is 13.0. The average Bonchev–Trinajstić information content (AvgIpc) is 3.01. The molecule has 1 aromatic heterocycles. The number of hydrogen-bond acceptors (Lipinski definition) is 2. The van der Waals surface area contributed by atoms with Crippen LogP contribution in [-0.4, -0.2) is 24.1 Å². The van der Waals surface area contributed by atoms with Crippen molar-refractivity contribution in [3.63, 3.8) is 0 Å². The van der Waals surface area contributed by atoms with E-state index in [0.29, 0.717) is 18.9 Å². The van der Waals surface area contributed by atoms with Crippen molar-refractivity contribution in [2.75, 3.05) is 13.7 Å². The first kappa shape index (κ1) is 19.0. The van der Waals surface area contributed by atoms with E-state index in [0.717, 1.165) is 11.3 Å². The number of carbonyl (C=O) groups excluding carboxylic acids is 1. The molecule has 1 N–H and O–H groups in total. The van der Waals surface area contributed by atoms with Crippen molar-refractivity contribution in [3.8, 4) is 5.75 Å². The van der Waals surface area contributed by atoms with E-state index in [2.05, 4.69) is 67.3 Å². The predicted octanol–water partition coefficient (Wildman–Crippen LogP) is 4.48. The Kier molecular flexibility index (Phi) is 5.84. The van der Waals surface area contributed by atoms with Gasteiger partial charge in [0.25, 0.3) is 0 Å². The maximum absolute atomic E-state index is 12.6. The summed E-state index contributed by atoms with van der Waals surface area (Å²) in [6, 6.07) is 16.4. The van der Waals surface area contributed by atoms with Crippen LogP contribution < -0.4 is 10.1 Å². The van der Waals surface area contributed by atoms with Crippen LogP contribution in [0.25, 0.3) is 10.9 Å². The highest BCUT2D eigenvalue weighted by molar-refractivity contribution is 5.86. The number of aryl methyl sites for hydroxylation is 1. The van der Waals surface area contributed by atoms with E-state index in [1.54, 1.807) is 7.11 Å². The van der Waals surface area contributed by atoms with Gasteiger partial charge in [-0.05, 0) is 35.2 Å². The Labute approximate surface area is 161 Å². The highest BCUT2D eigenvalue weighted by atomic mass is 16.5. The fourth-order valence-corrected chi connectivity index (χ4v) is 3.47. The zero-order chi connectivity index (χ0) is 19.4. The molecule has 1 atom stereocenters. The van der Waals surface area contributed by atoms with Crippen molar-refractivity contribution in [1.82, 2.24) is 9.88 Å². The number of hydrogen-bond donors (Lipinski definition) is 1. The molecule has 2 aromatic carbocycles. The van der Waals surface area contributed by atoms with Crippen LogP contribution in [0.2, 0.25) is 0 Å². The summed E-state index contributed by atoms with van der Waals surface area (Å²) in [6.45, 7) is 4.90. The lowest BCUT2D eigenvalue weighted by atomic mass is 9.88. The van der Waals surface area contributed by atoms with Crippen molar-refractivity contribution in [1.29, 1.82) is 0 Å². The molecule has 27 heavy (non-hydrogen) atoms. The number of para-hydroxylation sites is 1. The molecule has 0 saturated heterocycles. The van der Waals surface area contributed by atoms with Gasteiger partial charge in [0.1, 0.15) is 5.75 Å². The summed E-state index contributed by atoms with van der Waals surface area (Å²) in [7, 11) is 3.71. The third-order valence-corrected chi connectivity index (χ3v) is 4.92.